The van der Waals surface area contributed by atoms with Gasteiger partial charge in [0.25, 0.3) is 5.91 Å². The van der Waals surface area contributed by atoms with Gasteiger partial charge in [0.2, 0.25) is 0 Å². The highest BCUT2D eigenvalue weighted by Gasteiger charge is 2.49. The molecular weight excluding hydrogens is 398 g/mol. The number of rotatable bonds is 15. The molecule has 5 nitrogen and oxygen atoms in total. The number of nitrogens with zero attached hydrogens (tertiary/aromatic N) is 1. The van der Waals surface area contributed by atoms with Gasteiger partial charge in [0.1, 0.15) is 11.5 Å². The van der Waals surface area contributed by atoms with Crippen molar-refractivity contribution in [2.24, 2.45) is 17.3 Å². The van der Waals surface area contributed by atoms with E-state index in [-0.39, 0.29) is 5.91 Å². The Morgan fingerprint density at radius 1 is 1.07 bits per heavy atom. The standard InChI is InChI=1S/C24H45NO4S/c1-5-6-7-8-12-17-30(28)18-20-19(21-14-15-22(20)29-21)13-10-9-11-16-24(2,3)23(26)25(4)27/h19-22,27H,5-18H2,1-4H3/t19-,20+,21-,22+,30?/m1/s1. The molecule has 1 unspecified atom stereocenters. The summed E-state index contributed by atoms with van der Waals surface area (Å²) in [4.78, 5) is 12.0. The highest BCUT2D eigenvalue weighted by molar-refractivity contribution is 7.91. The molecule has 1 N–H and O–H groups in total. The predicted octanol–water partition coefficient (Wildman–Crippen LogP) is 5.32. The number of unbranched alkanes of at least 4 members (excludes halogenated alkanes) is 6. The van der Waals surface area contributed by atoms with Crippen LogP contribution in [0.4, 0.5) is 0 Å². The second kappa shape index (κ2) is 12.7. The van der Waals surface area contributed by atoms with E-state index in [2.05, 4.69) is 6.92 Å². The summed E-state index contributed by atoms with van der Waals surface area (Å²) in [6.45, 7) is 6.03. The Balaban J connectivity index is 1.69. The molecule has 2 fully saturated rings. The van der Waals surface area contributed by atoms with Gasteiger partial charge < -0.3 is 9.29 Å². The molecule has 2 saturated heterocycles. The van der Waals surface area contributed by atoms with Crippen LogP contribution in [0.15, 0.2) is 0 Å². The first-order chi connectivity index (χ1) is 14.3. The van der Waals surface area contributed by atoms with Gasteiger partial charge >= 0.3 is 0 Å². The molecule has 2 bridgehead atoms. The summed E-state index contributed by atoms with van der Waals surface area (Å²) >= 11 is -0.714. The third-order valence-corrected chi connectivity index (χ3v) is 8.66. The van der Waals surface area contributed by atoms with Crippen molar-refractivity contribution in [2.75, 3.05) is 18.6 Å². The van der Waals surface area contributed by atoms with Crippen LogP contribution in [-0.2, 0) is 20.7 Å². The summed E-state index contributed by atoms with van der Waals surface area (Å²) in [6, 6.07) is 0. The molecule has 0 aromatic carbocycles. The molecule has 2 rings (SSSR count). The van der Waals surface area contributed by atoms with Crippen molar-refractivity contribution < 1.29 is 19.3 Å². The molecule has 2 aliphatic rings. The van der Waals surface area contributed by atoms with Crippen molar-refractivity contribution >= 4 is 17.1 Å². The lowest BCUT2D eigenvalue weighted by Crippen LogP contribution is -2.36. The van der Waals surface area contributed by atoms with Gasteiger partial charge in [-0.2, -0.15) is 0 Å². The van der Waals surface area contributed by atoms with E-state index in [9.17, 15) is 14.6 Å². The highest BCUT2D eigenvalue weighted by Crippen LogP contribution is 2.46. The van der Waals surface area contributed by atoms with Gasteiger partial charge in [-0.05, 0) is 44.4 Å². The zero-order valence-electron chi connectivity index (χ0n) is 19.7. The molecular formula is C24H45NO4S. The first-order valence-electron chi connectivity index (χ1n) is 12.2. The first kappa shape index (κ1) is 26.0. The fourth-order valence-corrected chi connectivity index (χ4v) is 6.92. The number of hydroxylamine groups is 2. The van der Waals surface area contributed by atoms with Crippen LogP contribution in [0.25, 0.3) is 0 Å². The average molecular weight is 444 g/mol. The SMILES string of the molecule is CCCCCCC[S+]([O-])C[C@H]1[C@@H](CCCCCC(C)(C)C(=O)N(C)O)[C@H]2CC[C@@H]1O2. The van der Waals surface area contributed by atoms with E-state index in [1.54, 1.807) is 0 Å². The second-order valence-corrected chi connectivity index (χ2v) is 11.8. The van der Waals surface area contributed by atoms with Gasteiger partial charge in [0.05, 0.1) is 12.2 Å². The monoisotopic (exact) mass is 443 g/mol. The number of ether oxygens (including phenoxy) is 1. The van der Waals surface area contributed by atoms with Crippen LogP contribution in [0.3, 0.4) is 0 Å². The average Bonchev–Trinajstić information content (AvgIpc) is 3.29. The fourth-order valence-electron chi connectivity index (χ4n) is 5.33. The summed E-state index contributed by atoms with van der Waals surface area (Å²) in [5.74, 6) is 2.49. The third-order valence-electron chi connectivity index (χ3n) is 7.16. The number of hydrogen-bond acceptors (Lipinski definition) is 4. The van der Waals surface area contributed by atoms with Gasteiger partial charge in [0, 0.05) is 18.4 Å². The molecule has 0 radical (unpaired) electrons. The number of fused-ring (bicyclic) bond motifs is 2. The third kappa shape index (κ3) is 7.68. The maximum atomic E-state index is 12.7. The normalized spacial score (nSPS) is 26.9. The van der Waals surface area contributed by atoms with E-state index in [1.165, 1.54) is 39.2 Å². The minimum atomic E-state index is -0.714. The predicted molar refractivity (Wildman–Crippen MR) is 123 cm³/mol. The molecule has 30 heavy (non-hydrogen) atoms. The lowest BCUT2D eigenvalue weighted by atomic mass is 9.77. The summed E-state index contributed by atoms with van der Waals surface area (Å²) < 4.78 is 18.9. The van der Waals surface area contributed by atoms with E-state index in [4.69, 9.17) is 4.74 Å². The number of carbonyl (C=O) groups is 1. The van der Waals surface area contributed by atoms with Gasteiger partial charge in [-0.1, -0.05) is 70.5 Å². The van der Waals surface area contributed by atoms with Crippen LogP contribution in [0.5, 0.6) is 0 Å². The minimum Gasteiger partial charge on any atom is -0.616 e. The Bertz CT molecular complexity index is 513. The van der Waals surface area contributed by atoms with Crippen LogP contribution in [0.2, 0.25) is 0 Å². The van der Waals surface area contributed by atoms with Gasteiger partial charge in [0.15, 0.2) is 0 Å². The lowest BCUT2D eigenvalue weighted by molar-refractivity contribution is -0.169. The molecule has 0 aliphatic carbocycles. The molecule has 2 aliphatic heterocycles. The maximum Gasteiger partial charge on any atom is 0.251 e. The Morgan fingerprint density at radius 3 is 2.37 bits per heavy atom. The zero-order chi connectivity index (χ0) is 22.1. The van der Waals surface area contributed by atoms with Crippen LogP contribution in [0.1, 0.15) is 97.8 Å². The Hall–Kier alpha value is -0.300. The van der Waals surface area contributed by atoms with E-state index in [0.717, 1.165) is 56.5 Å². The Morgan fingerprint density at radius 2 is 1.70 bits per heavy atom. The van der Waals surface area contributed by atoms with Crippen molar-refractivity contribution in [1.82, 2.24) is 5.06 Å². The van der Waals surface area contributed by atoms with Crippen LogP contribution >= 0.6 is 0 Å². The number of carbonyl (C=O) groups excluding carboxylic acids is 1. The van der Waals surface area contributed by atoms with Crippen molar-refractivity contribution in [3.05, 3.63) is 0 Å². The summed E-state index contributed by atoms with van der Waals surface area (Å²) in [6.07, 6.45) is 14.3. The van der Waals surface area contributed by atoms with Crippen molar-refractivity contribution in [3.8, 4) is 0 Å². The molecule has 0 aromatic rings. The van der Waals surface area contributed by atoms with E-state index in [0.29, 0.717) is 29.1 Å². The van der Waals surface area contributed by atoms with E-state index >= 15 is 0 Å². The molecule has 5 atom stereocenters. The minimum absolute atomic E-state index is 0.221. The van der Waals surface area contributed by atoms with Gasteiger partial charge in [-0.3, -0.25) is 10.0 Å². The largest absolute Gasteiger partial charge is 0.616 e. The van der Waals surface area contributed by atoms with Crippen molar-refractivity contribution in [2.45, 2.75) is 110 Å². The van der Waals surface area contributed by atoms with Gasteiger partial charge in [-0.15, -0.1) is 0 Å². The maximum absolute atomic E-state index is 12.7. The smallest absolute Gasteiger partial charge is 0.251 e. The molecule has 0 saturated carbocycles. The van der Waals surface area contributed by atoms with E-state index < -0.39 is 16.6 Å². The first-order valence-corrected chi connectivity index (χ1v) is 13.7. The van der Waals surface area contributed by atoms with Crippen LogP contribution in [-0.4, -0.2) is 51.5 Å². The number of amides is 1. The van der Waals surface area contributed by atoms with Crippen molar-refractivity contribution in [3.63, 3.8) is 0 Å². The molecule has 0 aromatic heterocycles. The summed E-state index contributed by atoms with van der Waals surface area (Å²) in [5, 5.41) is 10.1. The molecule has 1 amide bonds. The molecule has 2 heterocycles. The Labute approximate surface area is 187 Å². The van der Waals surface area contributed by atoms with Gasteiger partial charge in [-0.25, -0.2) is 5.06 Å². The zero-order valence-corrected chi connectivity index (χ0v) is 20.6. The highest BCUT2D eigenvalue weighted by atomic mass is 32.2. The van der Waals surface area contributed by atoms with Crippen molar-refractivity contribution in [1.29, 1.82) is 0 Å². The van der Waals surface area contributed by atoms with Crippen LogP contribution < -0.4 is 0 Å². The second-order valence-electron chi connectivity index (χ2n) is 10.2. The lowest BCUT2D eigenvalue weighted by Gasteiger charge is -2.29. The fraction of sp³-hybridized carbons (Fsp3) is 0.958. The topological polar surface area (TPSA) is 72.8 Å². The molecule has 0 spiro atoms. The van der Waals surface area contributed by atoms with Crippen LogP contribution in [0, 0.1) is 17.3 Å². The van der Waals surface area contributed by atoms with E-state index in [1.807, 2.05) is 13.8 Å². The summed E-state index contributed by atoms with van der Waals surface area (Å²) in [7, 11) is 1.40. The molecule has 176 valence electrons. The summed E-state index contributed by atoms with van der Waals surface area (Å²) in [5.41, 5.74) is -0.518. The molecule has 6 heteroatoms. The Kier molecular flexibility index (Phi) is 11.0. The quantitative estimate of drug-likeness (QED) is 0.161. The number of hydrogen-bond donors (Lipinski definition) is 1.